The van der Waals surface area contributed by atoms with Crippen molar-refractivity contribution in [1.82, 2.24) is 0 Å². The molecule has 0 fully saturated rings. The number of benzene rings is 1. The lowest BCUT2D eigenvalue weighted by Gasteiger charge is -2.11. The standard InChI is InChI=1S/C15H16ClNO2S/c1-7(2)11-12(17)14(15(18)19)20-13(11)9-5-4-6-10(16)8(9)3/h4-7H,17H2,1-3H3,(H,18,19). The van der Waals surface area contributed by atoms with Gasteiger partial charge in [0.25, 0.3) is 0 Å². The van der Waals surface area contributed by atoms with Crippen LogP contribution in [0.4, 0.5) is 5.69 Å². The number of carboxylic acids is 1. The summed E-state index contributed by atoms with van der Waals surface area (Å²) in [5, 5.41) is 9.93. The molecular weight excluding hydrogens is 294 g/mol. The number of rotatable bonds is 3. The van der Waals surface area contributed by atoms with E-state index in [9.17, 15) is 9.90 Å². The van der Waals surface area contributed by atoms with Crippen LogP contribution in [0.2, 0.25) is 5.02 Å². The summed E-state index contributed by atoms with van der Waals surface area (Å²) in [7, 11) is 0. The number of carbonyl (C=O) groups is 1. The summed E-state index contributed by atoms with van der Waals surface area (Å²) in [6.45, 7) is 5.94. The second-order valence-electron chi connectivity index (χ2n) is 4.96. The van der Waals surface area contributed by atoms with E-state index in [-0.39, 0.29) is 10.8 Å². The Labute approximate surface area is 127 Å². The van der Waals surface area contributed by atoms with Crippen molar-refractivity contribution in [2.45, 2.75) is 26.7 Å². The van der Waals surface area contributed by atoms with Crippen LogP contribution in [0.15, 0.2) is 18.2 Å². The van der Waals surface area contributed by atoms with Crippen molar-refractivity contribution < 1.29 is 9.90 Å². The highest BCUT2D eigenvalue weighted by atomic mass is 35.5. The molecule has 5 heteroatoms. The summed E-state index contributed by atoms with van der Waals surface area (Å²) in [5.74, 6) is -0.840. The molecule has 1 heterocycles. The van der Waals surface area contributed by atoms with E-state index in [0.29, 0.717) is 10.7 Å². The lowest BCUT2D eigenvalue weighted by Crippen LogP contribution is -2.00. The summed E-state index contributed by atoms with van der Waals surface area (Å²) in [6.07, 6.45) is 0. The molecule has 3 N–H and O–H groups in total. The molecule has 106 valence electrons. The van der Waals surface area contributed by atoms with Gasteiger partial charge in [0.05, 0.1) is 5.69 Å². The van der Waals surface area contributed by atoms with Gasteiger partial charge in [-0.2, -0.15) is 0 Å². The average molecular weight is 310 g/mol. The highest BCUT2D eigenvalue weighted by molar-refractivity contribution is 7.18. The molecule has 3 nitrogen and oxygen atoms in total. The molecule has 0 unspecified atom stereocenters. The van der Waals surface area contributed by atoms with Gasteiger partial charge >= 0.3 is 5.97 Å². The van der Waals surface area contributed by atoms with Crippen molar-refractivity contribution in [2.24, 2.45) is 0 Å². The fourth-order valence-corrected chi connectivity index (χ4v) is 3.71. The number of hydrogen-bond acceptors (Lipinski definition) is 3. The molecule has 0 saturated heterocycles. The minimum Gasteiger partial charge on any atom is -0.477 e. The molecule has 0 aliphatic carbocycles. The van der Waals surface area contributed by atoms with E-state index in [1.165, 1.54) is 11.3 Å². The first-order chi connectivity index (χ1) is 9.34. The molecule has 0 atom stereocenters. The van der Waals surface area contributed by atoms with Gasteiger partial charge in [-0.25, -0.2) is 4.79 Å². The summed E-state index contributed by atoms with van der Waals surface area (Å²) < 4.78 is 0. The molecule has 1 aromatic carbocycles. The lowest BCUT2D eigenvalue weighted by molar-refractivity contribution is 0.0703. The molecule has 20 heavy (non-hydrogen) atoms. The summed E-state index contributed by atoms with van der Waals surface area (Å²) in [6, 6.07) is 5.64. The number of halogens is 1. The van der Waals surface area contributed by atoms with E-state index in [4.69, 9.17) is 17.3 Å². The number of carboxylic acid groups (broad SMARTS) is 1. The van der Waals surface area contributed by atoms with Crippen molar-refractivity contribution in [1.29, 1.82) is 0 Å². The van der Waals surface area contributed by atoms with Crippen molar-refractivity contribution in [3.63, 3.8) is 0 Å². The largest absolute Gasteiger partial charge is 0.477 e. The zero-order valence-corrected chi connectivity index (χ0v) is 13.1. The predicted octanol–water partition coefficient (Wildman–Crippen LogP) is 4.78. The van der Waals surface area contributed by atoms with E-state index in [2.05, 4.69) is 0 Å². The van der Waals surface area contributed by atoms with Crippen LogP contribution in [-0.2, 0) is 0 Å². The maximum Gasteiger partial charge on any atom is 0.348 e. The van der Waals surface area contributed by atoms with Gasteiger partial charge in [0.1, 0.15) is 4.88 Å². The maximum atomic E-state index is 11.3. The average Bonchev–Trinajstić information content (AvgIpc) is 2.70. The smallest absolute Gasteiger partial charge is 0.348 e. The van der Waals surface area contributed by atoms with Crippen LogP contribution in [0.1, 0.15) is 40.6 Å². The number of hydrogen-bond donors (Lipinski definition) is 2. The van der Waals surface area contributed by atoms with Crippen molar-refractivity contribution >= 4 is 34.6 Å². The molecule has 0 amide bonds. The third kappa shape index (κ3) is 2.41. The predicted molar refractivity (Wildman–Crippen MR) is 85.0 cm³/mol. The Kier molecular flexibility index (Phi) is 4.06. The maximum absolute atomic E-state index is 11.3. The van der Waals surface area contributed by atoms with Crippen molar-refractivity contribution in [3.8, 4) is 10.4 Å². The monoisotopic (exact) mass is 309 g/mol. The van der Waals surface area contributed by atoms with Crippen LogP contribution < -0.4 is 5.73 Å². The number of nitrogens with two attached hydrogens (primary N) is 1. The first-order valence-electron chi connectivity index (χ1n) is 6.25. The lowest BCUT2D eigenvalue weighted by atomic mass is 9.96. The van der Waals surface area contributed by atoms with E-state index < -0.39 is 5.97 Å². The van der Waals surface area contributed by atoms with Crippen LogP contribution >= 0.6 is 22.9 Å². The van der Waals surface area contributed by atoms with Crippen LogP contribution in [0.25, 0.3) is 10.4 Å². The van der Waals surface area contributed by atoms with Crippen LogP contribution in [-0.4, -0.2) is 11.1 Å². The highest BCUT2D eigenvalue weighted by Crippen LogP contribution is 2.44. The fourth-order valence-electron chi connectivity index (χ4n) is 2.24. The van der Waals surface area contributed by atoms with Crippen LogP contribution in [0.3, 0.4) is 0 Å². The zero-order chi connectivity index (χ0) is 15.0. The molecular formula is C15H16ClNO2S. The third-order valence-electron chi connectivity index (χ3n) is 3.27. The second kappa shape index (κ2) is 5.46. The Morgan fingerprint density at radius 2 is 2.05 bits per heavy atom. The zero-order valence-electron chi connectivity index (χ0n) is 11.5. The highest BCUT2D eigenvalue weighted by Gasteiger charge is 2.24. The van der Waals surface area contributed by atoms with Gasteiger partial charge in [0.2, 0.25) is 0 Å². The third-order valence-corrected chi connectivity index (χ3v) is 4.92. The number of anilines is 1. The molecule has 0 saturated carbocycles. The minimum absolute atomic E-state index is 0.146. The second-order valence-corrected chi connectivity index (χ2v) is 6.39. The quantitative estimate of drug-likeness (QED) is 0.857. The first-order valence-corrected chi connectivity index (χ1v) is 7.45. The van der Waals surface area contributed by atoms with Gasteiger partial charge in [0.15, 0.2) is 0 Å². The Hall–Kier alpha value is -1.52. The molecule has 0 aliphatic rings. The molecule has 1 aromatic heterocycles. The van der Waals surface area contributed by atoms with Crippen molar-refractivity contribution in [2.75, 3.05) is 5.73 Å². The van der Waals surface area contributed by atoms with Gasteiger partial charge in [-0.3, -0.25) is 0 Å². The molecule has 0 spiro atoms. The number of aromatic carboxylic acids is 1. The van der Waals surface area contributed by atoms with Crippen molar-refractivity contribution in [3.05, 3.63) is 39.2 Å². The van der Waals surface area contributed by atoms with Crippen LogP contribution in [0.5, 0.6) is 0 Å². The van der Waals surface area contributed by atoms with Crippen LogP contribution in [0, 0.1) is 6.92 Å². The van der Waals surface area contributed by atoms with Gasteiger partial charge in [-0.15, -0.1) is 11.3 Å². The van der Waals surface area contributed by atoms with Gasteiger partial charge in [0, 0.05) is 9.90 Å². The number of nitrogen functional groups attached to an aromatic ring is 1. The van der Waals surface area contributed by atoms with E-state index in [0.717, 1.165) is 21.6 Å². The molecule has 0 radical (unpaired) electrons. The summed E-state index contributed by atoms with van der Waals surface area (Å²) in [5.41, 5.74) is 9.17. The molecule has 2 aromatic rings. The SMILES string of the molecule is Cc1c(Cl)cccc1-c1sc(C(=O)O)c(N)c1C(C)C. The molecule has 0 bridgehead atoms. The Balaban J connectivity index is 2.76. The Bertz CT molecular complexity index is 677. The normalized spacial score (nSPS) is 11.1. The minimum atomic E-state index is -0.986. The van der Waals surface area contributed by atoms with Gasteiger partial charge in [-0.05, 0) is 35.6 Å². The number of thiophene rings is 1. The Morgan fingerprint density at radius 1 is 1.40 bits per heavy atom. The van der Waals surface area contributed by atoms with E-state index >= 15 is 0 Å². The van der Waals surface area contributed by atoms with E-state index in [1.54, 1.807) is 0 Å². The summed E-state index contributed by atoms with van der Waals surface area (Å²) in [4.78, 5) is 12.4. The Morgan fingerprint density at radius 3 is 2.60 bits per heavy atom. The topological polar surface area (TPSA) is 63.3 Å². The molecule has 0 aliphatic heterocycles. The summed E-state index contributed by atoms with van der Waals surface area (Å²) >= 11 is 7.38. The fraction of sp³-hybridized carbons (Fsp3) is 0.267. The molecule has 2 rings (SSSR count). The van der Waals surface area contributed by atoms with E-state index in [1.807, 2.05) is 39.0 Å². The van der Waals surface area contributed by atoms with Gasteiger partial charge < -0.3 is 10.8 Å². The first kappa shape index (κ1) is 14.9. The van der Waals surface area contributed by atoms with Gasteiger partial charge in [-0.1, -0.05) is 37.6 Å².